The average Bonchev–Trinajstić information content (AvgIpc) is 3.16. The van der Waals surface area contributed by atoms with Crippen molar-refractivity contribution in [2.75, 3.05) is 20.2 Å². The molecule has 0 radical (unpaired) electrons. The number of methoxy groups -OCH3 is 1. The molecule has 106 valence electrons. The molecule has 4 nitrogen and oxygen atoms in total. The molecule has 0 aliphatic carbocycles. The van der Waals surface area contributed by atoms with Crippen LogP contribution in [0.2, 0.25) is 0 Å². The Hall–Kier alpha value is -1.81. The Morgan fingerprint density at radius 2 is 2.40 bits per heavy atom. The normalized spacial score (nSPS) is 18.4. The number of rotatable bonds is 5. The molecule has 1 saturated heterocycles. The molecule has 0 amide bonds. The van der Waals surface area contributed by atoms with Crippen LogP contribution in [0.4, 0.5) is 0 Å². The van der Waals surface area contributed by atoms with Gasteiger partial charge in [-0.15, -0.1) is 0 Å². The smallest absolute Gasteiger partial charge is 0.119 e. The topological polar surface area (TPSA) is 39.1 Å². The SMILES string of the molecule is COc1cccc(CCn2cncc2C2CCNC2)c1. The molecule has 2 aromatic rings. The van der Waals surface area contributed by atoms with Crippen molar-refractivity contribution in [3.8, 4) is 5.75 Å². The van der Waals surface area contributed by atoms with Gasteiger partial charge in [0, 0.05) is 30.9 Å². The monoisotopic (exact) mass is 271 g/mol. The highest BCUT2D eigenvalue weighted by Gasteiger charge is 2.19. The van der Waals surface area contributed by atoms with Crippen LogP contribution in [-0.2, 0) is 13.0 Å². The fourth-order valence-corrected chi connectivity index (χ4v) is 2.84. The van der Waals surface area contributed by atoms with Crippen molar-refractivity contribution in [3.05, 3.63) is 48.0 Å². The third-order valence-electron chi connectivity index (χ3n) is 4.00. The number of imidazole rings is 1. The fourth-order valence-electron chi connectivity index (χ4n) is 2.84. The lowest BCUT2D eigenvalue weighted by atomic mass is 10.1. The van der Waals surface area contributed by atoms with Crippen LogP contribution < -0.4 is 10.1 Å². The van der Waals surface area contributed by atoms with E-state index in [1.54, 1.807) is 7.11 Å². The summed E-state index contributed by atoms with van der Waals surface area (Å²) < 4.78 is 7.56. The van der Waals surface area contributed by atoms with Crippen molar-refractivity contribution in [1.29, 1.82) is 0 Å². The molecule has 0 bridgehead atoms. The first-order valence-electron chi connectivity index (χ1n) is 7.20. The van der Waals surface area contributed by atoms with Crippen molar-refractivity contribution in [1.82, 2.24) is 14.9 Å². The highest BCUT2D eigenvalue weighted by atomic mass is 16.5. The van der Waals surface area contributed by atoms with Gasteiger partial charge in [0.25, 0.3) is 0 Å². The van der Waals surface area contributed by atoms with Gasteiger partial charge in [-0.05, 0) is 37.1 Å². The van der Waals surface area contributed by atoms with E-state index in [1.165, 1.54) is 17.7 Å². The number of nitrogens with zero attached hydrogens (tertiary/aromatic N) is 2. The summed E-state index contributed by atoms with van der Waals surface area (Å²) in [5.74, 6) is 1.54. The zero-order chi connectivity index (χ0) is 13.8. The molecule has 0 spiro atoms. The predicted octanol–water partition coefficient (Wildman–Crippen LogP) is 2.21. The Bertz CT molecular complexity index is 558. The van der Waals surface area contributed by atoms with Gasteiger partial charge in [-0.1, -0.05) is 12.1 Å². The number of benzene rings is 1. The Morgan fingerprint density at radius 3 is 3.20 bits per heavy atom. The first-order valence-corrected chi connectivity index (χ1v) is 7.20. The summed E-state index contributed by atoms with van der Waals surface area (Å²) in [5.41, 5.74) is 2.66. The molecule has 1 N–H and O–H groups in total. The number of hydrogen-bond donors (Lipinski definition) is 1. The number of nitrogens with one attached hydrogen (secondary N) is 1. The van der Waals surface area contributed by atoms with E-state index in [-0.39, 0.29) is 0 Å². The lowest BCUT2D eigenvalue weighted by Gasteiger charge is -2.13. The van der Waals surface area contributed by atoms with Gasteiger partial charge in [-0.2, -0.15) is 0 Å². The van der Waals surface area contributed by atoms with Crippen LogP contribution in [0.15, 0.2) is 36.8 Å². The molecular formula is C16H21N3O. The standard InChI is InChI=1S/C16H21N3O/c1-20-15-4-2-3-13(9-15)6-8-19-12-18-11-16(19)14-5-7-17-10-14/h2-4,9,11-12,14,17H,5-8,10H2,1H3. The predicted molar refractivity (Wildman–Crippen MR) is 79.2 cm³/mol. The fraction of sp³-hybridized carbons (Fsp3) is 0.438. The summed E-state index contributed by atoms with van der Waals surface area (Å²) in [4.78, 5) is 4.32. The van der Waals surface area contributed by atoms with E-state index in [0.717, 1.165) is 31.8 Å². The molecule has 1 unspecified atom stereocenters. The van der Waals surface area contributed by atoms with Crippen molar-refractivity contribution in [2.45, 2.75) is 25.3 Å². The van der Waals surface area contributed by atoms with E-state index in [1.807, 2.05) is 24.7 Å². The van der Waals surface area contributed by atoms with Gasteiger partial charge in [0.15, 0.2) is 0 Å². The Kier molecular flexibility index (Phi) is 4.02. The van der Waals surface area contributed by atoms with E-state index >= 15 is 0 Å². The van der Waals surface area contributed by atoms with Crippen molar-refractivity contribution in [3.63, 3.8) is 0 Å². The number of aryl methyl sites for hydroxylation is 2. The summed E-state index contributed by atoms with van der Waals surface area (Å²) in [5, 5.41) is 3.42. The van der Waals surface area contributed by atoms with E-state index in [0.29, 0.717) is 5.92 Å². The zero-order valence-corrected chi connectivity index (χ0v) is 11.9. The van der Waals surface area contributed by atoms with Crippen LogP contribution in [0.5, 0.6) is 5.75 Å². The number of ether oxygens (including phenoxy) is 1. The summed E-state index contributed by atoms with van der Waals surface area (Å²) in [7, 11) is 1.71. The minimum absolute atomic E-state index is 0.614. The molecule has 1 atom stereocenters. The largest absolute Gasteiger partial charge is 0.497 e. The lowest BCUT2D eigenvalue weighted by Crippen LogP contribution is -2.12. The zero-order valence-electron chi connectivity index (χ0n) is 11.9. The maximum atomic E-state index is 5.27. The van der Waals surface area contributed by atoms with Crippen LogP contribution in [0.25, 0.3) is 0 Å². The van der Waals surface area contributed by atoms with Gasteiger partial charge < -0.3 is 14.6 Å². The van der Waals surface area contributed by atoms with Crippen LogP contribution in [-0.4, -0.2) is 29.8 Å². The van der Waals surface area contributed by atoms with E-state index in [9.17, 15) is 0 Å². The van der Waals surface area contributed by atoms with E-state index in [4.69, 9.17) is 4.74 Å². The number of aromatic nitrogens is 2. The Balaban J connectivity index is 1.67. The Morgan fingerprint density at radius 1 is 1.45 bits per heavy atom. The van der Waals surface area contributed by atoms with Gasteiger partial charge in [0.1, 0.15) is 5.75 Å². The van der Waals surface area contributed by atoms with Gasteiger partial charge in [-0.25, -0.2) is 4.98 Å². The first kappa shape index (κ1) is 13.2. The van der Waals surface area contributed by atoms with Gasteiger partial charge in [0.05, 0.1) is 13.4 Å². The molecule has 1 aliphatic rings. The summed E-state index contributed by atoms with van der Waals surface area (Å²) in [6.07, 6.45) is 6.18. The second kappa shape index (κ2) is 6.09. The molecule has 1 fully saturated rings. The quantitative estimate of drug-likeness (QED) is 0.906. The first-order chi connectivity index (χ1) is 9.86. The number of hydrogen-bond acceptors (Lipinski definition) is 3. The second-order valence-electron chi connectivity index (χ2n) is 5.30. The average molecular weight is 271 g/mol. The molecule has 1 aliphatic heterocycles. The summed E-state index contributed by atoms with van der Waals surface area (Å²) in [6.45, 7) is 3.16. The molecule has 3 rings (SSSR count). The van der Waals surface area contributed by atoms with Crippen LogP contribution in [0, 0.1) is 0 Å². The Labute approximate surface area is 119 Å². The molecular weight excluding hydrogens is 250 g/mol. The van der Waals surface area contributed by atoms with Gasteiger partial charge in [0.2, 0.25) is 0 Å². The molecule has 1 aromatic carbocycles. The molecule has 0 saturated carbocycles. The maximum Gasteiger partial charge on any atom is 0.119 e. The lowest BCUT2D eigenvalue weighted by molar-refractivity contribution is 0.414. The molecule has 4 heteroatoms. The van der Waals surface area contributed by atoms with Crippen LogP contribution >= 0.6 is 0 Å². The van der Waals surface area contributed by atoms with Crippen molar-refractivity contribution >= 4 is 0 Å². The summed E-state index contributed by atoms with van der Waals surface area (Å²) in [6, 6.07) is 8.28. The third-order valence-corrected chi connectivity index (χ3v) is 4.00. The highest BCUT2D eigenvalue weighted by molar-refractivity contribution is 5.28. The van der Waals surface area contributed by atoms with Crippen molar-refractivity contribution in [2.24, 2.45) is 0 Å². The highest BCUT2D eigenvalue weighted by Crippen LogP contribution is 2.22. The minimum Gasteiger partial charge on any atom is -0.497 e. The van der Waals surface area contributed by atoms with E-state index in [2.05, 4.69) is 27.0 Å². The summed E-state index contributed by atoms with van der Waals surface area (Å²) >= 11 is 0. The second-order valence-corrected chi connectivity index (χ2v) is 5.30. The third kappa shape index (κ3) is 2.85. The minimum atomic E-state index is 0.614. The maximum absolute atomic E-state index is 5.27. The van der Waals surface area contributed by atoms with Gasteiger partial charge >= 0.3 is 0 Å². The molecule has 20 heavy (non-hydrogen) atoms. The molecule has 2 heterocycles. The van der Waals surface area contributed by atoms with E-state index < -0.39 is 0 Å². The van der Waals surface area contributed by atoms with Crippen molar-refractivity contribution < 1.29 is 4.74 Å². The molecule has 1 aromatic heterocycles. The van der Waals surface area contributed by atoms with Gasteiger partial charge in [-0.3, -0.25) is 0 Å². The van der Waals surface area contributed by atoms with Crippen LogP contribution in [0.3, 0.4) is 0 Å². The van der Waals surface area contributed by atoms with Crippen LogP contribution in [0.1, 0.15) is 23.6 Å².